The summed E-state index contributed by atoms with van der Waals surface area (Å²) in [5.41, 5.74) is 0.311. The van der Waals surface area contributed by atoms with Crippen molar-refractivity contribution >= 4 is 12.4 Å². The van der Waals surface area contributed by atoms with E-state index < -0.39 is 5.97 Å². The molecule has 6 heteroatoms. The van der Waals surface area contributed by atoms with E-state index in [1.807, 2.05) is 13.8 Å². The van der Waals surface area contributed by atoms with Crippen molar-refractivity contribution in [2.75, 3.05) is 26.9 Å². The van der Waals surface area contributed by atoms with Gasteiger partial charge in [0.2, 0.25) is 6.41 Å². The van der Waals surface area contributed by atoms with Gasteiger partial charge in [0, 0.05) is 19.3 Å². The minimum atomic E-state index is -0.433. The number of carbonyl (C=O) groups is 2. The molecule has 0 aromatic heterocycles. The maximum Gasteiger partial charge on any atom is 0.333 e. The number of carbonyl (C=O) groups excluding carboxylic acids is 2. The summed E-state index contributed by atoms with van der Waals surface area (Å²) in [5.74, 6) is -0.433. The van der Waals surface area contributed by atoms with E-state index in [9.17, 15) is 9.59 Å². The number of hydrogen-bond donors (Lipinski definition) is 1. The molecule has 0 bridgehead atoms. The van der Waals surface area contributed by atoms with Gasteiger partial charge in [-0.05, 0) is 41.0 Å². The molecule has 1 N–H and O–H groups in total. The van der Waals surface area contributed by atoms with Crippen LogP contribution in [0.4, 0.5) is 0 Å². The van der Waals surface area contributed by atoms with Crippen LogP contribution in [0.2, 0.25) is 0 Å². The maximum atomic E-state index is 10.7. The Labute approximate surface area is 134 Å². The maximum absolute atomic E-state index is 10.7. The summed E-state index contributed by atoms with van der Waals surface area (Å²) >= 11 is 0. The Kier molecular flexibility index (Phi) is 13.8. The van der Waals surface area contributed by atoms with Crippen LogP contribution in [0.1, 0.15) is 41.0 Å². The van der Waals surface area contributed by atoms with Crippen molar-refractivity contribution in [3.63, 3.8) is 0 Å². The summed E-state index contributed by atoms with van der Waals surface area (Å²) in [6.45, 7) is 14.5. The molecule has 1 amide bonds. The Morgan fingerprint density at radius 3 is 2.32 bits per heavy atom. The van der Waals surface area contributed by atoms with E-state index in [-0.39, 0.29) is 12.2 Å². The first-order valence-electron chi connectivity index (χ1n) is 7.32. The zero-order valence-electron chi connectivity index (χ0n) is 14.7. The largest absolute Gasteiger partial charge is 0.460 e. The summed E-state index contributed by atoms with van der Waals surface area (Å²) in [4.78, 5) is 20.4. The second kappa shape index (κ2) is 13.3. The zero-order chi connectivity index (χ0) is 17.6. The smallest absolute Gasteiger partial charge is 0.333 e. The SMILES string of the molecule is C=C(C)C(=O)OCCNC=O.COC(C)(C)CCOC(C)C. The normalized spacial score (nSPS) is 10.5. The van der Waals surface area contributed by atoms with Gasteiger partial charge in [-0.2, -0.15) is 0 Å². The van der Waals surface area contributed by atoms with Gasteiger partial charge in [-0.1, -0.05) is 6.58 Å². The molecule has 6 nitrogen and oxygen atoms in total. The van der Waals surface area contributed by atoms with E-state index in [0.29, 0.717) is 24.6 Å². The third-order valence-corrected chi connectivity index (χ3v) is 2.62. The number of rotatable bonds is 10. The van der Waals surface area contributed by atoms with Crippen LogP contribution >= 0.6 is 0 Å². The summed E-state index contributed by atoms with van der Waals surface area (Å²) in [7, 11) is 1.73. The molecule has 0 aliphatic rings. The minimum Gasteiger partial charge on any atom is -0.460 e. The van der Waals surface area contributed by atoms with Gasteiger partial charge in [-0.25, -0.2) is 4.79 Å². The lowest BCUT2D eigenvalue weighted by molar-refractivity contribution is -0.139. The molecule has 130 valence electrons. The molecule has 0 radical (unpaired) electrons. The van der Waals surface area contributed by atoms with Crippen molar-refractivity contribution in [3.05, 3.63) is 12.2 Å². The standard InChI is InChI=1S/C9H20O2.C7H11NO3/c1-8(2)11-7-6-9(3,4)10-5;1-6(2)7(10)11-4-3-8-5-9/h8H,6-7H2,1-5H3;5H,1,3-4H2,2H3,(H,8,9). The van der Waals surface area contributed by atoms with Gasteiger partial charge in [0.1, 0.15) is 6.61 Å². The van der Waals surface area contributed by atoms with Gasteiger partial charge >= 0.3 is 5.97 Å². The molecule has 0 aliphatic heterocycles. The van der Waals surface area contributed by atoms with Gasteiger partial charge in [-0.15, -0.1) is 0 Å². The molecule has 0 aliphatic carbocycles. The number of hydrogen-bond acceptors (Lipinski definition) is 5. The minimum absolute atomic E-state index is 0.0467. The van der Waals surface area contributed by atoms with Gasteiger partial charge in [0.15, 0.2) is 0 Å². The topological polar surface area (TPSA) is 73.9 Å². The summed E-state index contributed by atoms with van der Waals surface area (Å²) in [5, 5.41) is 2.36. The highest BCUT2D eigenvalue weighted by Gasteiger charge is 2.15. The van der Waals surface area contributed by atoms with Crippen LogP contribution in [-0.2, 0) is 23.8 Å². The third-order valence-electron chi connectivity index (χ3n) is 2.62. The average Bonchev–Trinajstić information content (AvgIpc) is 2.43. The highest BCUT2D eigenvalue weighted by atomic mass is 16.5. The van der Waals surface area contributed by atoms with Crippen molar-refractivity contribution in [2.45, 2.75) is 52.7 Å². The second-order valence-electron chi connectivity index (χ2n) is 5.62. The summed E-state index contributed by atoms with van der Waals surface area (Å²) < 4.78 is 15.3. The molecule has 22 heavy (non-hydrogen) atoms. The lowest BCUT2D eigenvalue weighted by atomic mass is 10.1. The second-order valence-corrected chi connectivity index (χ2v) is 5.62. The number of nitrogens with one attached hydrogen (secondary N) is 1. The molecular formula is C16H31NO5. The van der Waals surface area contributed by atoms with Crippen molar-refractivity contribution < 1.29 is 23.8 Å². The first-order chi connectivity index (χ1) is 10.2. The van der Waals surface area contributed by atoms with Crippen LogP contribution in [0, 0.1) is 0 Å². The predicted molar refractivity (Wildman–Crippen MR) is 86.6 cm³/mol. The quantitative estimate of drug-likeness (QED) is 0.289. The van der Waals surface area contributed by atoms with Crippen LogP contribution in [0.15, 0.2) is 12.2 Å². The van der Waals surface area contributed by atoms with Crippen LogP contribution in [-0.4, -0.2) is 51.0 Å². The van der Waals surface area contributed by atoms with Gasteiger partial charge in [0.25, 0.3) is 0 Å². The van der Waals surface area contributed by atoms with Crippen LogP contribution in [0.3, 0.4) is 0 Å². The average molecular weight is 317 g/mol. The molecular weight excluding hydrogens is 286 g/mol. The number of esters is 1. The Hall–Kier alpha value is -1.40. The molecule has 0 heterocycles. The van der Waals surface area contributed by atoms with E-state index in [1.54, 1.807) is 14.0 Å². The molecule has 0 atom stereocenters. The molecule has 0 spiro atoms. The lowest BCUT2D eigenvalue weighted by Crippen LogP contribution is -2.25. The predicted octanol–water partition coefficient (Wildman–Crippen LogP) is 2.08. The van der Waals surface area contributed by atoms with E-state index in [4.69, 9.17) is 9.47 Å². The van der Waals surface area contributed by atoms with Crippen LogP contribution < -0.4 is 5.32 Å². The fraction of sp³-hybridized carbons (Fsp3) is 0.750. The third kappa shape index (κ3) is 16.7. The van der Waals surface area contributed by atoms with Gasteiger partial charge in [0.05, 0.1) is 18.2 Å². The molecule has 0 aromatic rings. The lowest BCUT2D eigenvalue weighted by Gasteiger charge is -2.23. The van der Waals surface area contributed by atoms with Crippen molar-refractivity contribution in [1.29, 1.82) is 0 Å². The first-order valence-corrected chi connectivity index (χ1v) is 7.32. The number of ether oxygens (including phenoxy) is 3. The van der Waals surface area contributed by atoms with E-state index >= 15 is 0 Å². The fourth-order valence-corrected chi connectivity index (χ4v) is 1.03. The Morgan fingerprint density at radius 1 is 1.32 bits per heavy atom. The summed E-state index contributed by atoms with van der Waals surface area (Å²) in [6.07, 6.45) is 1.82. The zero-order valence-corrected chi connectivity index (χ0v) is 14.7. The van der Waals surface area contributed by atoms with E-state index in [2.05, 4.69) is 30.5 Å². The molecule has 0 aromatic carbocycles. The molecule has 0 rings (SSSR count). The van der Waals surface area contributed by atoms with Crippen molar-refractivity contribution in [2.24, 2.45) is 0 Å². The summed E-state index contributed by atoms with van der Waals surface area (Å²) in [6, 6.07) is 0. The Bertz CT molecular complexity index is 326. The monoisotopic (exact) mass is 317 g/mol. The van der Waals surface area contributed by atoms with Crippen molar-refractivity contribution in [1.82, 2.24) is 5.32 Å². The Morgan fingerprint density at radius 2 is 1.91 bits per heavy atom. The van der Waals surface area contributed by atoms with Gasteiger partial charge < -0.3 is 19.5 Å². The highest BCUT2D eigenvalue weighted by Crippen LogP contribution is 2.12. The number of methoxy groups -OCH3 is 1. The molecule has 0 saturated heterocycles. The van der Waals surface area contributed by atoms with Gasteiger partial charge in [-0.3, -0.25) is 4.79 Å². The van der Waals surface area contributed by atoms with E-state index in [0.717, 1.165) is 13.0 Å². The van der Waals surface area contributed by atoms with Crippen LogP contribution in [0.25, 0.3) is 0 Å². The van der Waals surface area contributed by atoms with Crippen LogP contribution in [0.5, 0.6) is 0 Å². The Balaban J connectivity index is 0. The molecule has 0 unspecified atom stereocenters. The number of amides is 1. The van der Waals surface area contributed by atoms with E-state index in [1.165, 1.54) is 0 Å². The molecule has 0 saturated carbocycles. The fourth-order valence-electron chi connectivity index (χ4n) is 1.03. The first kappa shape index (κ1) is 22.9. The highest BCUT2D eigenvalue weighted by molar-refractivity contribution is 5.86. The molecule has 0 fully saturated rings. The van der Waals surface area contributed by atoms with Crippen molar-refractivity contribution in [3.8, 4) is 0 Å².